The van der Waals surface area contributed by atoms with Gasteiger partial charge in [-0.05, 0) is 31.7 Å². The van der Waals surface area contributed by atoms with Gasteiger partial charge in [-0.15, -0.1) is 0 Å². The third kappa shape index (κ3) is 3.31. The van der Waals surface area contributed by atoms with Crippen LogP contribution in [0.15, 0.2) is 37.1 Å². The minimum Gasteiger partial charge on any atom is -0.456 e. The van der Waals surface area contributed by atoms with Crippen LogP contribution >= 0.6 is 0 Å². The Kier molecular flexibility index (Phi) is 4.28. The molecule has 7 nitrogen and oxygen atoms in total. The Morgan fingerprint density at radius 1 is 1.24 bits per heavy atom. The molecule has 0 spiro atoms. The van der Waals surface area contributed by atoms with Crippen LogP contribution in [0.5, 0.6) is 0 Å². The zero-order valence-electron chi connectivity index (χ0n) is 13.8. The number of H-pyrrole nitrogens is 1. The van der Waals surface area contributed by atoms with E-state index in [-0.39, 0.29) is 12.6 Å². The Balaban J connectivity index is 1.41. The van der Waals surface area contributed by atoms with E-state index >= 15 is 0 Å². The van der Waals surface area contributed by atoms with Gasteiger partial charge in [-0.2, -0.15) is 5.10 Å². The van der Waals surface area contributed by atoms with Gasteiger partial charge in [0.15, 0.2) is 5.69 Å². The number of rotatable bonds is 4. The monoisotopic (exact) mass is 337 g/mol. The fraction of sp³-hybridized carbons (Fsp3) is 0.333. The van der Waals surface area contributed by atoms with Crippen molar-refractivity contribution >= 4 is 5.97 Å². The minimum absolute atomic E-state index is 0.178. The quantitative estimate of drug-likeness (QED) is 0.584. The van der Waals surface area contributed by atoms with Crippen molar-refractivity contribution < 1.29 is 9.53 Å². The molecule has 25 heavy (non-hydrogen) atoms. The highest BCUT2D eigenvalue weighted by atomic mass is 16.5. The highest BCUT2D eigenvalue weighted by Crippen LogP contribution is 2.22. The molecule has 0 aromatic carbocycles. The van der Waals surface area contributed by atoms with Gasteiger partial charge in [0.05, 0.1) is 0 Å². The van der Waals surface area contributed by atoms with E-state index in [4.69, 9.17) is 4.74 Å². The van der Waals surface area contributed by atoms with E-state index in [1.807, 2.05) is 22.9 Å². The van der Waals surface area contributed by atoms with Gasteiger partial charge in [-0.25, -0.2) is 14.8 Å². The number of nitrogens with one attached hydrogen (secondary N) is 1. The van der Waals surface area contributed by atoms with Crippen LogP contribution in [-0.4, -0.2) is 30.7 Å². The number of hydrogen-bond acceptors (Lipinski definition) is 5. The summed E-state index contributed by atoms with van der Waals surface area (Å²) in [6.45, 7) is 0.178. The van der Waals surface area contributed by atoms with Crippen molar-refractivity contribution in [2.75, 3.05) is 0 Å². The van der Waals surface area contributed by atoms with Crippen molar-refractivity contribution in [1.29, 1.82) is 0 Å². The summed E-state index contributed by atoms with van der Waals surface area (Å²) in [5.41, 5.74) is 3.37. The van der Waals surface area contributed by atoms with Crippen LogP contribution in [0.3, 0.4) is 0 Å². The summed E-state index contributed by atoms with van der Waals surface area (Å²) in [5, 5.41) is 7.17. The maximum Gasteiger partial charge on any atom is 0.359 e. The molecular formula is C18H19N5O2. The minimum atomic E-state index is -0.377. The fourth-order valence-corrected chi connectivity index (χ4v) is 3.09. The molecule has 1 N–H and O–H groups in total. The Morgan fingerprint density at radius 2 is 2.16 bits per heavy atom. The molecule has 0 saturated carbocycles. The van der Waals surface area contributed by atoms with E-state index in [2.05, 4.69) is 20.2 Å². The van der Waals surface area contributed by atoms with E-state index < -0.39 is 0 Å². The first-order chi connectivity index (χ1) is 12.3. The predicted octanol–water partition coefficient (Wildman–Crippen LogP) is 2.62. The smallest absolute Gasteiger partial charge is 0.359 e. The van der Waals surface area contributed by atoms with Crippen LogP contribution in [0, 0.1) is 0 Å². The number of hydrogen-bond donors (Lipinski definition) is 1. The summed E-state index contributed by atoms with van der Waals surface area (Å²) >= 11 is 0. The molecule has 0 bridgehead atoms. The first-order valence-electron chi connectivity index (χ1n) is 8.48. The van der Waals surface area contributed by atoms with E-state index in [1.165, 1.54) is 6.42 Å². The lowest BCUT2D eigenvalue weighted by atomic mass is 10.1. The lowest BCUT2D eigenvalue weighted by Crippen LogP contribution is -2.09. The van der Waals surface area contributed by atoms with Crippen molar-refractivity contribution in [3.63, 3.8) is 0 Å². The number of aromatic nitrogens is 5. The van der Waals surface area contributed by atoms with E-state index in [0.29, 0.717) is 5.69 Å². The molecule has 3 aromatic rings. The van der Waals surface area contributed by atoms with Crippen molar-refractivity contribution in [1.82, 2.24) is 24.7 Å². The molecule has 3 aromatic heterocycles. The Labute approximate surface area is 145 Å². The van der Waals surface area contributed by atoms with Crippen LogP contribution in [0.4, 0.5) is 0 Å². The number of nitrogens with zero attached hydrogens (tertiary/aromatic N) is 4. The van der Waals surface area contributed by atoms with Gasteiger partial charge in [0.2, 0.25) is 0 Å². The average molecular weight is 337 g/mol. The van der Waals surface area contributed by atoms with E-state index in [1.54, 1.807) is 18.7 Å². The topological polar surface area (TPSA) is 85.7 Å². The summed E-state index contributed by atoms with van der Waals surface area (Å²) < 4.78 is 7.24. The molecule has 0 fully saturated rings. The molecule has 1 aliphatic carbocycles. The van der Waals surface area contributed by atoms with Gasteiger partial charge in [-0.1, -0.05) is 12.5 Å². The van der Waals surface area contributed by atoms with Gasteiger partial charge >= 0.3 is 5.97 Å². The number of imidazole rings is 1. The molecule has 3 heterocycles. The number of aromatic amines is 1. The van der Waals surface area contributed by atoms with Gasteiger partial charge in [-0.3, -0.25) is 9.67 Å². The van der Waals surface area contributed by atoms with Crippen molar-refractivity contribution in [3.05, 3.63) is 59.6 Å². The summed E-state index contributed by atoms with van der Waals surface area (Å²) in [6, 6.07) is 3.76. The van der Waals surface area contributed by atoms with Crippen LogP contribution in [0.1, 0.15) is 46.6 Å². The van der Waals surface area contributed by atoms with Gasteiger partial charge < -0.3 is 4.74 Å². The summed E-state index contributed by atoms with van der Waals surface area (Å²) in [5.74, 6) is 0.392. The number of aryl methyl sites for hydroxylation is 1. The maximum absolute atomic E-state index is 12.4. The molecule has 0 aliphatic heterocycles. The van der Waals surface area contributed by atoms with Gasteiger partial charge in [0.25, 0.3) is 0 Å². The number of carbonyl (C=O) groups is 1. The third-order valence-electron chi connectivity index (χ3n) is 4.45. The molecule has 1 aliphatic rings. The highest BCUT2D eigenvalue weighted by Gasteiger charge is 2.21. The normalized spacial score (nSPS) is 13.9. The Morgan fingerprint density at radius 3 is 2.96 bits per heavy atom. The molecule has 0 atom stereocenters. The van der Waals surface area contributed by atoms with E-state index in [9.17, 15) is 4.79 Å². The first-order valence-corrected chi connectivity index (χ1v) is 8.48. The lowest BCUT2D eigenvalue weighted by molar-refractivity contribution is 0.0464. The Hall–Kier alpha value is -2.96. The summed E-state index contributed by atoms with van der Waals surface area (Å²) in [4.78, 5) is 20.7. The molecule has 0 saturated heterocycles. The molecule has 0 amide bonds. The maximum atomic E-state index is 12.4. The second-order valence-electron chi connectivity index (χ2n) is 6.16. The molecule has 128 valence electrons. The number of esters is 1. The molecule has 4 rings (SSSR count). The zero-order valence-corrected chi connectivity index (χ0v) is 13.8. The average Bonchev–Trinajstić information content (AvgIpc) is 3.26. The number of fused-ring (bicyclic) bond motifs is 1. The number of pyridine rings is 1. The molecular weight excluding hydrogens is 318 g/mol. The Bertz CT molecular complexity index is 852. The largest absolute Gasteiger partial charge is 0.456 e. The second kappa shape index (κ2) is 6.88. The second-order valence-corrected chi connectivity index (χ2v) is 6.16. The molecule has 7 heteroatoms. The SMILES string of the molecule is O=C(OCc1ccc(-n2ccnc2)nc1)c1n[nH]c2c1CCCCC2. The van der Waals surface area contributed by atoms with Crippen LogP contribution in [0.25, 0.3) is 5.82 Å². The van der Waals surface area contributed by atoms with Gasteiger partial charge in [0, 0.05) is 35.4 Å². The fourth-order valence-electron chi connectivity index (χ4n) is 3.09. The van der Waals surface area contributed by atoms with Crippen LogP contribution in [-0.2, 0) is 24.2 Å². The van der Waals surface area contributed by atoms with Crippen molar-refractivity contribution in [2.24, 2.45) is 0 Å². The molecule has 0 unspecified atom stereocenters. The van der Waals surface area contributed by atoms with E-state index in [0.717, 1.165) is 48.3 Å². The number of carbonyl (C=O) groups excluding carboxylic acids is 1. The highest BCUT2D eigenvalue weighted by molar-refractivity contribution is 5.89. The lowest BCUT2D eigenvalue weighted by Gasteiger charge is -2.06. The number of ether oxygens (including phenoxy) is 1. The first kappa shape index (κ1) is 15.6. The zero-order chi connectivity index (χ0) is 17.1. The van der Waals surface area contributed by atoms with Gasteiger partial charge in [0.1, 0.15) is 18.8 Å². The van der Waals surface area contributed by atoms with Crippen LogP contribution < -0.4 is 0 Å². The summed E-state index contributed by atoms with van der Waals surface area (Å²) in [6.07, 6.45) is 12.2. The van der Waals surface area contributed by atoms with Crippen LogP contribution in [0.2, 0.25) is 0 Å². The standard InChI is InChI=1S/C18H19N5O2/c24-18(17-14-4-2-1-3-5-15(14)21-22-17)25-11-13-6-7-16(20-10-13)23-9-8-19-12-23/h6-10,12H,1-5,11H2,(H,21,22). The third-order valence-corrected chi connectivity index (χ3v) is 4.45. The predicted molar refractivity (Wildman–Crippen MR) is 90.3 cm³/mol. The summed E-state index contributed by atoms with van der Waals surface area (Å²) in [7, 11) is 0. The van der Waals surface area contributed by atoms with Crippen molar-refractivity contribution in [3.8, 4) is 5.82 Å². The van der Waals surface area contributed by atoms with Crippen molar-refractivity contribution in [2.45, 2.75) is 38.7 Å². The molecule has 0 radical (unpaired) electrons.